The number of ether oxygens (including phenoxy) is 1. The van der Waals surface area contributed by atoms with E-state index in [0.717, 1.165) is 0 Å². The van der Waals surface area contributed by atoms with Crippen LogP contribution in [0.3, 0.4) is 0 Å². The number of amides is 2. The zero-order valence-electron chi connectivity index (χ0n) is 18.4. The lowest BCUT2D eigenvalue weighted by Gasteiger charge is -2.34. The highest BCUT2D eigenvalue weighted by Crippen LogP contribution is 2.31. The molecule has 170 valence electrons. The number of aliphatic hydroxyl groups is 1. The van der Waals surface area contributed by atoms with E-state index in [1.54, 1.807) is 31.2 Å². The molecule has 1 aromatic rings. The summed E-state index contributed by atoms with van der Waals surface area (Å²) in [5.74, 6) is -0.327. The molecule has 0 unspecified atom stereocenters. The summed E-state index contributed by atoms with van der Waals surface area (Å²) in [6.45, 7) is 9.07. The quantitative estimate of drug-likeness (QED) is 0.443. The lowest BCUT2D eigenvalue weighted by atomic mass is 9.84. The van der Waals surface area contributed by atoms with Crippen molar-refractivity contribution in [2.45, 2.75) is 69.1 Å². The second-order valence-corrected chi connectivity index (χ2v) is 8.34. The van der Waals surface area contributed by atoms with Gasteiger partial charge in [-0.1, -0.05) is 18.2 Å². The fourth-order valence-corrected chi connectivity index (χ4v) is 4.08. The fourth-order valence-electron chi connectivity index (χ4n) is 4.08. The molecule has 7 heteroatoms. The van der Waals surface area contributed by atoms with Crippen LogP contribution < -0.4 is 15.4 Å². The van der Waals surface area contributed by atoms with Crippen LogP contribution in [0.15, 0.2) is 43.5 Å². The van der Waals surface area contributed by atoms with E-state index in [1.807, 2.05) is 0 Å². The number of carbonyl (C=O) groups is 2. The first-order chi connectivity index (χ1) is 14.7. The Labute approximate surface area is 183 Å². The maximum atomic E-state index is 14.5. The minimum Gasteiger partial charge on any atom is -0.497 e. The Kier molecular flexibility index (Phi) is 8.39. The summed E-state index contributed by atoms with van der Waals surface area (Å²) < 4.78 is 19.5. The van der Waals surface area contributed by atoms with E-state index in [0.29, 0.717) is 43.4 Å². The number of benzene rings is 1. The lowest BCUT2D eigenvalue weighted by Crippen LogP contribution is -2.51. The molecule has 6 nitrogen and oxygen atoms in total. The first-order valence-electron chi connectivity index (χ1n) is 10.5. The van der Waals surface area contributed by atoms with Crippen molar-refractivity contribution < 1.29 is 23.8 Å². The molecule has 0 aromatic heterocycles. The van der Waals surface area contributed by atoms with Gasteiger partial charge in [0.25, 0.3) is 0 Å². The molecule has 1 heterocycles. The third-order valence-electron chi connectivity index (χ3n) is 6.03. The van der Waals surface area contributed by atoms with Gasteiger partial charge in [0.2, 0.25) is 11.8 Å². The van der Waals surface area contributed by atoms with Crippen LogP contribution in [0.4, 0.5) is 4.39 Å². The molecule has 0 bridgehead atoms. The van der Waals surface area contributed by atoms with Gasteiger partial charge in [-0.15, -0.1) is 13.2 Å². The molecule has 3 N–H and O–H groups in total. The van der Waals surface area contributed by atoms with Crippen LogP contribution in [-0.4, -0.2) is 41.2 Å². The van der Waals surface area contributed by atoms with E-state index in [2.05, 4.69) is 23.8 Å². The van der Waals surface area contributed by atoms with Crippen LogP contribution in [0.5, 0.6) is 5.75 Å². The standard InChI is InChI=1S/C24H33FN2O4/c1-5-11-24(30,12-6-2)17(3)26-21(28)9-13-23(14-10-22(29)27-23)16-18-7-8-19(31-4)15-20(18)25/h5-8,15,17,30H,1-2,9-14,16H2,3-4H3,(H,26,28)(H,27,29)/t17-,23+/m1/s1. The summed E-state index contributed by atoms with van der Waals surface area (Å²) in [5, 5.41) is 16.6. The van der Waals surface area contributed by atoms with Gasteiger partial charge in [0.05, 0.1) is 18.8 Å². The number of rotatable bonds is 12. The van der Waals surface area contributed by atoms with Crippen molar-refractivity contribution in [3.05, 3.63) is 54.9 Å². The molecule has 0 radical (unpaired) electrons. The molecule has 1 saturated heterocycles. The second-order valence-electron chi connectivity index (χ2n) is 8.34. The van der Waals surface area contributed by atoms with Crippen LogP contribution in [-0.2, 0) is 16.0 Å². The zero-order valence-corrected chi connectivity index (χ0v) is 18.4. The summed E-state index contributed by atoms with van der Waals surface area (Å²) in [7, 11) is 1.47. The van der Waals surface area contributed by atoms with Crippen molar-refractivity contribution in [2.24, 2.45) is 0 Å². The molecule has 2 atom stereocenters. The number of hydrogen-bond donors (Lipinski definition) is 3. The van der Waals surface area contributed by atoms with Crippen molar-refractivity contribution in [1.29, 1.82) is 0 Å². The highest BCUT2D eigenvalue weighted by molar-refractivity contribution is 5.80. The van der Waals surface area contributed by atoms with E-state index in [9.17, 15) is 19.1 Å². The van der Waals surface area contributed by atoms with Gasteiger partial charge >= 0.3 is 0 Å². The first-order valence-corrected chi connectivity index (χ1v) is 10.5. The van der Waals surface area contributed by atoms with E-state index >= 15 is 0 Å². The molecule has 2 amide bonds. The van der Waals surface area contributed by atoms with Gasteiger partial charge in [0, 0.05) is 24.4 Å². The average molecular weight is 433 g/mol. The third-order valence-corrected chi connectivity index (χ3v) is 6.03. The predicted octanol–water partition coefficient (Wildman–Crippen LogP) is 3.19. The summed E-state index contributed by atoms with van der Waals surface area (Å²) in [6, 6.07) is 4.13. The van der Waals surface area contributed by atoms with Crippen LogP contribution in [0.1, 0.15) is 51.0 Å². The molecule has 1 aliphatic rings. The Hall–Kier alpha value is -2.67. The summed E-state index contributed by atoms with van der Waals surface area (Å²) >= 11 is 0. The van der Waals surface area contributed by atoms with Crippen LogP contribution in [0.25, 0.3) is 0 Å². The minimum atomic E-state index is -1.16. The van der Waals surface area contributed by atoms with Gasteiger partial charge in [-0.2, -0.15) is 0 Å². The average Bonchev–Trinajstić information content (AvgIpc) is 3.09. The number of nitrogens with one attached hydrogen (secondary N) is 2. The van der Waals surface area contributed by atoms with Crippen molar-refractivity contribution in [3.63, 3.8) is 0 Å². The first kappa shape index (κ1) is 24.6. The summed E-state index contributed by atoms with van der Waals surface area (Å²) in [6.07, 6.45) is 5.51. The smallest absolute Gasteiger partial charge is 0.220 e. The van der Waals surface area contributed by atoms with E-state index in [4.69, 9.17) is 4.74 Å². The van der Waals surface area contributed by atoms with E-state index in [-0.39, 0.29) is 24.7 Å². The lowest BCUT2D eigenvalue weighted by molar-refractivity contribution is -0.125. The maximum Gasteiger partial charge on any atom is 0.220 e. The number of halogens is 1. The molecule has 31 heavy (non-hydrogen) atoms. The Balaban J connectivity index is 2.06. The molecule has 1 aliphatic heterocycles. The van der Waals surface area contributed by atoms with Gasteiger partial charge in [-0.05, 0) is 50.7 Å². The molecular formula is C24H33FN2O4. The molecule has 0 spiro atoms. The van der Waals surface area contributed by atoms with E-state index < -0.39 is 23.0 Å². The molecule has 1 fully saturated rings. The van der Waals surface area contributed by atoms with Gasteiger partial charge in [-0.3, -0.25) is 9.59 Å². The van der Waals surface area contributed by atoms with Crippen LogP contribution in [0, 0.1) is 5.82 Å². The molecule has 0 saturated carbocycles. The number of methoxy groups -OCH3 is 1. The third kappa shape index (κ3) is 6.40. The SMILES string of the molecule is C=CCC(O)(CC=C)[C@@H](C)NC(=O)CC[C@@]1(Cc2ccc(OC)cc2F)CCC(=O)N1. The van der Waals surface area contributed by atoms with Gasteiger partial charge < -0.3 is 20.5 Å². The molecule has 1 aromatic carbocycles. The van der Waals surface area contributed by atoms with Crippen molar-refractivity contribution in [2.75, 3.05) is 7.11 Å². The normalized spacial score (nSPS) is 19.4. The molecule has 2 rings (SSSR count). The van der Waals surface area contributed by atoms with Gasteiger partial charge in [0.15, 0.2) is 0 Å². The fraction of sp³-hybridized carbons (Fsp3) is 0.500. The zero-order chi connectivity index (χ0) is 23.1. The monoisotopic (exact) mass is 432 g/mol. The Morgan fingerprint density at radius 2 is 2.10 bits per heavy atom. The predicted molar refractivity (Wildman–Crippen MR) is 118 cm³/mol. The number of carbonyl (C=O) groups excluding carboxylic acids is 2. The van der Waals surface area contributed by atoms with Crippen molar-refractivity contribution in [3.8, 4) is 5.75 Å². The Morgan fingerprint density at radius 3 is 2.61 bits per heavy atom. The van der Waals surface area contributed by atoms with E-state index in [1.165, 1.54) is 13.2 Å². The molecule has 0 aliphatic carbocycles. The van der Waals surface area contributed by atoms with Crippen LogP contribution in [0.2, 0.25) is 0 Å². The molecular weight excluding hydrogens is 399 g/mol. The topological polar surface area (TPSA) is 87.7 Å². The van der Waals surface area contributed by atoms with Gasteiger partial charge in [0.1, 0.15) is 11.6 Å². The highest BCUT2D eigenvalue weighted by atomic mass is 19.1. The van der Waals surface area contributed by atoms with Crippen LogP contribution >= 0.6 is 0 Å². The summed E-state index contributed by atoms with van der Waals surface area (Å²) in [4.78, 5) is 24.6. The highest BCUT2D eigenvalue weighted by Gasteiger charge is 2.39. The Bertz CT molecular complexity index is 816. The number of hydrogen-bond acceptors (Lipinski definition) is 4. The Morgan fingerprint density at radius 1 is 1.42 bits per heavy atom. The van der Waals surface area contributed by atoms with Gasteiger partial charge in [-0.25, -0.2) is 4.39 Å². The van der Waals surface area contributed by atoms with Crippen molar-refractivity contribution in [1.82, 2.24) is 10.6 Å². The minimum absolute atomic E-state index is 0.103. The maximum absolute atomic E-state index is 14.5. The summed E-state index contributed by atoms with van der Waals surface area (Å²) in [5.41, 5.74) is -1.39. The van der Waals surface area contributed by atoms with Crippen molar-refractivity contribution >= 4 is 11.8 Å². The second kappa shape index (κ2) is 10.6. The largest absolute Gasteiger partial charge is 0.497 e.